The first kappa shape index (κ1) is 11.5. The average molecular weight is 232 g/mol. The maximum absolute atomic E-state index is 12.8. The van der Waals surface area contributed by atoms with Crippen molar-refractivity contribution in [1.82, 2.24) is 9.78 Å². The van der Waals surface area contributed by atoms with E-state index in [0.717, 1.165) is 12.1 Å². The summed E-state index contributed by atoms with van der Waals surface area (Å²) in [5, 5.41) is 3.74. The van der Waals surface area contributed by atoms with E-state index in [9.17, 15) is 13.2 Å². The van der Waals surface area contributed by atoms with E-state index in [1.807, 2.05) is 20.8 Å². The molecule has 1 aliphatic carbocycles. The second-order valence-electron chi connectivity index (χ2n) is 4.69. The topological polar surface area (TPSA) is 17.8 Å². The van der Waals surface area contributed by atoms with Crippen LogP contribution in [0.25, 0.3) is 0 Å². The van der Waals surface area contributed by atoms with Crippen LogP contribution in [0.5, 0.6) is 0 Å². The molecular weight excluding hydrogens is 217 g/mol. The lowest BCUT2D eigenvalue weighted by Crippen LogP contribution is -2.12. The van der Waals surface area contributed by atoms with Crippen LogP contribution in [0.3, 0.4) is 0 Å². The van der Waals surface area contributed by atoms with Crippen LogP contribution < -0.4 is 0 Å². The van der Waals surface area contributed by atoms with Gasteiger partial charge in [0.15, 0.2) is 5.69 Å². The van der Waals surface area contributed by atoms with E-state index in [1.54, 1.807) is 0 Å². The molecule has 0 aromatic carbocycles. The van der Waals surface area contributed by atoms with Crippen molar-refractivity contribution < 1.29 is 13.2 Å². The van der Waals surface area contributed by atoms with Crippen LogP contribution in [0.1, 0.15) is 56.1 Å². The highest BCUT2D eigenvalue weighted by molar-refractivity contribution is 5.35. The average Bonchev–Trinajstić information content (AvgIpc) is 2.65. The lowest BCUT2D eigenvalue weighted by molar-refractivity contribution is -0.142. The van der Waals surface area contributed by atoms with Gasteiger partial charge in [0, 0.05) is 17.3 Å². The zero-order chi connectivity index (χ0) is 12.1. The van der Waals surface area contributed by atoms with Crippen LogP contribution in [-0.4, -0.2) is 9.78 Å². The number of rotatable bonds is 1. The van der Waals surface area contributed by atoms with Gasteiger partial charge < -0.3 is 0 Å². The van der Waals surface area contributed by atoms with Crippen LogP contribution in [0, 0.1) is 0 Å². The molecule has 1 heterocycles. The van der Waals surface area contributed by atoms with Gasteiger partial charge in [0.1, 0.15) is 0 Å². The second-order valence-corrected chi connectivity index (χ2v) is 4.69. The molecule has 0 aliphatic heterocycles. The minimum Gasteiger partial charge on any atom is -0.266 e. The molecule has 1 aromatic heterocycles. The molecule has 1 aromatic rings. The van der Waals surface area contributed by atoms with E-state index >= 15 is 0 Å². The van der Waals surface area contributed by atoms with Gasteiger partial charge >= 0.3 is 6.18 Å². The van der Waals surface area contributed by atoms with Crippen molar-refractivity contribution in [2.75, 3.05) is 0 Å². The quantitative estimate of drug-likeness (QED) is 0.724. The van der Waals surface area contributed by atoms with Gasteiger partial charge in [0.05, 0.1) is 0 Å². The maximum atomic E-state index is 12.8. The zero-order valence-electron chi connectivity index (χ0n) is 9.60. The van der Waals surface area contributed by atoms with Gasteiger partial charge in [-0.3, -0.25) is 4.68 Å². The Hall–Kier alpha value is -1.00. The minimum absolute atomic E-state index is 0.0228. The Kier molecular flexibility index (Phi) is 2.51. The van der Waals surface area contributed by atoms with Gasteiger partial charge in [0.2, 0.25) is 0 Å². The van der Waals surface area contributed by atoms with Crippen LogP contribution >= 0.6 is 0 Å². The van der Waals surface area contributed by atoms with Gasteiger partial charge in [-0.15, -0.1) is 0 Å². The molecule has 5 heteroatoms. The molecule has 1 atom stereocenters. The molecule has 0 N–H and O–H groups in total. The van der Waals surface area contributed by atoms with E-state index in [4.69, 9.17) is 0 Å². The van der Waals surface area contributed by atoms with Gasteiger partial charge in [-0.05, 0) is 32.6 Å². The fourth-order valence-electron chi connectivity index (χ4n) is 2.37. The summed E-state index contributed by atoms with van der Waals surface area (Å²) in [5.41, 5.74) is 0.511. The standard InChI is InChI=1S/C11H15F3N2/c1-6(2)16-9-7(3)4-5-8(9)10(15-16)11(12,13)14/h6-7H,4-5H2,1-3H3. The predicted molar refractivity (Wildman–Crippen MR) is 54.4 cm³/mol. The number of aromatic nitrogens is 2. The Morgan fingerprint density at radius 3 is 2.50 bits per heavy atom. The summed E-state index contributed by atoms with van der Waals surface area (Å²) in [6, 6.07) is -0.0228. The van der Waals surface area contributed by atoms with E-state index < -0.39 is 11.9 Å². The van der Waals surface area contributed by atoms with Crippen molar-refractivity contribution in [2.24, 2.45) is 0 Å². The van der Waals surface area contributed by atoms with E-state index in [-0.39, 0.29) is 12.0 Å². The molecule has 1 unspecified atom stereocenters. The minimum atomic E-state index is -4.33. The van der Waals surface area contributed by atoms with E-state index in [2.05, 4.69) is 5.10 Å². The summed E-state index contributed by atoms with van der Waals surface area (Å²) in [6.07, 6.45) is -3.03. The Morgan fingerprint density at radius 2 is 2.00 bits per heavy atom. The Labute approximate surface area is 92.4 Å². The van der Waals surface area contributed by atoms with Crippen molar-refractivity contribution >= 4 is 0 Å². The highest BCUT2D eigenvalue weighted by atomic mass is 19.4. The molecule has 0 spiro atoms. The van der Waals surface area contributed by atoms with Gasteiger partial charge in [-0.25, -0.2) is 0 Å². The number of halogens is 3. The first-order chi connectivity index (χ1) is 7.32. The highest BCUT2D eigenvalue weighted by Gasteiger charge is 2.41. The molecule has 0 radical (unpaired) electrons. The molecule has 0 saturated carbocycles. The summed E-state index contributed by atoms with van der Waals surface area (Å²) in [5.74, 6) is 0.181. The molecule has 0 saturated heterocycles. The number of nitrogens with zero attached hydrogens (tertiary/aromatic N) is 2. The smallest absolute Gasteiger partial charge is 0.266 e. The molecule has 1 aliphatic rings. The SMILES string of the molecule is CC1CCc2c(C(F)(F)F)nn(C(C)C)c21. The zero-order valence-corrected chi connectivity index (χ0v) is 9.60. The Bertz CT molecular complexity index is 404. The second kappa shape index (κ2) is 3.50. The molecule has 0 bridgehead atoms. The van der Waals surface area contributed by atoms with Gasteiger partial charge in [-0.2, -0.15) is 18.3 Å². The van der Waals surface area contributed by atoms with Crippen LogP contribution in [-0.2, 0) is 12.6 Å². The van der Waals surface area contributed by atoms with E-state index in [1.165, 1.54) is 4.68 Å². The fraction of sp³-hybridized carbons (Fsp3) is 0.727. The Balaban J connectivity index is 2.59. The number of hydrogen-bond donors (Lipinski definition) is 0. The van der Waals surface area contributed by atoms with Gasteiger partial charge in [0.25, 0.3) is 0 Å². The van der Waals surface area contributed by atoms with Crippen molar-refractivity contribution in [3.8, 4) is 0 Å². The first-order valence-electron chi connectivity index (χ1n) is 5.50. The summed E-state index contributed by atoms with van der Waals surface area (Å²) in [7, 11) is 0. The summed E-state index contributed by atoms with van der Waals surface area (Å²) in [6.45, 7) is 5.68. The van der Waals surface area contributed by atoms with Gasteiger partial charge in [-0.1, -0.05) is 6.92 Å². The van der Waals surface area contributed by atoms with Crippen LogP contribution in [0.4, 0.5) is 13.2 Å². The van der Waals surface area contributed by atoms with Crippen LogP contribution in [0.15, 0.2) is 0 Å². The van der Waals surface area contributed by atoms with Crippen molar-refractivity contribution in [3.05, 3.63) is 17.0 Å². The normalized spacial score (nSPS) is 20.6. The first-order valence-corrected chi connectivity index (χ1v) is 5.50. The van der Waals surface area contributed by atoms with Crippen molar-refractivity contribution in [3.63, 3.8) is 0 Å². The van der Waals surface area contributed by atoms with Crippen molar-refractivity contribution in [2.45, 2.75) is 51.7 Å². The lowest BCUT2D eigenvalue weighted by atomic mass is 10.1. The molecule has 90 valence electrons. The molecule has 2 rings (SSSR count). The number of hydrogen-bond acceptors (Lipinski definition) is 1. The third-order valence-electron chi connectivity index (χ3n) is 3.10. The van der Waals surface area contributed by atoms with E-state index in [0.29, 0.717) is 12.0 Å². The molecule has 0 amide bonds. The van der Waals surface area contributed by atoms with Crippen molar-refractivity contribution in [1.29, 1.82) is 0 Å². The number of alkyl halides is 3. The monoisotopic (exact) mass is 232 g/mol. The summed E-state index contributed by atoms with van der Waals surface area (Å²) in [4.78, 5) is 0. The third-order valence-corrected chi connectivity index (χ3v) is 3.10. The molecule has 2 nitrogen and oxygen atoms in total. The summed E-state index contributed by atoms with van der Waals surface area (Å²) >= 11 is 0. The molecule has 0 fully saturated rings. The predicted octanol–water partition coefficient (Wildman–Crippen LogP) is 3.53. The highest BCUT2D eigenvalue weighted by Crippen LogP contribution is 2.41. The lowest BCUT2D eigenvalue weighted by Gasteiger charge is -2.12. The fourth-order valence-corrected chi connectivity index (χ4v) is 2.37. The van der Waals surface area contributed by atoms with Crippen LogP contribution in [0.2, 0.25) is 0 Å². The molecular formula is C11H15F3N2. The molecule has 16 heavy (non-hydrogen) atoms. The largest absolute Gasteiger partial charge is 0.435 e. The third kappa shape index (κ3) is 1.62. The number of fused-ring (bicyclic) bond motifs is 1. The maximum Gasteiger partial charge on any atom is 0.435 e. The Morgan fingerprint density at radius 1 is 1.38 bits per heavy atom. The summed E-state index contributed by atoms with van der Waals surface area (Å²) < 4.78 is 39.9.